The van der Waals surface area contributed by atoms with Gasteiger partial charge in [-0.05, 0) is 61.4 Å². The summed E-state index contributed by atoms with van der Waals surface area (Å²) in [5.74, 6) is -0.443. The average molecular weight is 393 g/mol. The van der Waals surface area contributed by atoms with Crippen LogP contribution in [0.25, 0.3) is 0 Å². The molecule has 0 aromatic heterocycles. The molecule has 2 saturated heterocycles. The standard InChI is InChI=1S/C23H28N4O2/c1-25(2)19-9-11-21(12-10-19)27-16-17(15-22(27)28)23(29)24-18-5-7-20(8-6-18)26-13-3-4-14-26/h5-12,17H,3-4,13-16H2,1-2H3,(H,24,29). The van der Waals surface area contributed by atoms with E-state index < -0.39 is 0 Å². The van der Waals surface area contributed by atoms with Crippen LogP contribution in [0, 0.1) is 5.92 Å². The molecule has 4 rings (SSSR count). The van der Waals surface area contributed by atoms with Crippen LogP contribution in [0.3, 0.4) is 0 Å². The summed E-state index contributed by atoms with van der Waals surface area (Å²) in [7, 11) is 3.96. The highest BCUT2D eigenvalue weighted by atomic mass is 16.2. The van der Waals surface area contributed by atoms with E-state index in [0.717, 1.165) is 30.2 Å². The predicted octanol–water partition coefficient (Wildman–Crippen LogP) is 3.34. The van der Waals surface area contributed by atoms with Crippen molar-refractivity contribution in [1.82, 2.24) is 0 Å². The Balaban J connectivity index is 1.37. The van der Waals surface area contributed by atoms with Gasteiger partial charge in [-0.2, -0.15) is 0 Å². The van der Waals surface area contributed by atoms with Gasteiger partial charge >= 0.3 is 0 Å². The number of hydrogen-bond donors (Lipinski definition) is 1. The lowest BCUT2D eigenvalue weighted by atomic mass is 10.1. The molecule has 2 aliphatic rings. The molecule has 152 valence electrons. The highest BCUT2D eigenvalue weighted by Gasteiger charge is 2.35. The number of carbonyl (C=O) groups excluding carboxylic acids is 2. The van der Waals surface area contributed by atoms with Gasteiger partial charge in [-0.15, -0.1) is 0 Å². The fraction of sp³-hybridized carbons (Fsp3) is 0.391. The van der Waals surface area contributed by atoms with Crippen molar-refractivity contribution in [2.24, 2.45) is 5.92 Å². The van der Waals surface area contributed by atoms with Crippen LogP contribution in [0.5, 0.6) is 0 Å². The summed E-state index contributed by atoms with van der Waals surface area (Å²) in [6.45, 7) is 2.61. The molecule has 0 saturated carbocycles. The summed E-state index contributed by atoms with van der Waals surface area (Å²) in [6.07, 6.45) is 2.72. The van der Waals surface area contributed by atoms with E-state index in [-0.39, 0.29) is 24.2 Å². The molecule has 0 radical (unpaired) electrons. The van der Waals surface area contributed by atoms with Crippen molar-refractivity contribution in [2.75, 3.05) is 53.7 Å². The van der Waals surface area contributed by atoms with E-state index in [1.165, 1.54) is 18.5 Å². The average Bonchev–Trinajstić information content (AvgIpc) is 3.39. The van der Waals surface area contributed by atoms with Gasteiger partial charge in [0.25, 0.3) is 0 Å². The zero-order chi connectivity index (χ0) is 20.4. The number of carbonyl (C=O) groups is 2. The molecule has 6 heteroatoms. The minimum atomic E-state index is -0.339. The van der Waals surface area contributed by atoms with Crippen molar-refractivity contribution in [2.45, 2.75) is 19.3 Å². The third-order valence-electron chi connectivity index (χ3n) is 5.78. The van der Waals surface area contributed by atoms with Gasteiger partial charge in [0.05, 0.1) is 5.92 Å². The molecule has 6 nitrogen and oxygen atoms in total. The van der Waals surface area contributed by atoms with E-state index in [1.54, 1.807) is 4.90 Å². The van der Waals surface area contributed by atoms with Crippen LogP contribution < -0.4 is 20.0 Å². The number of anilines is 4. The smallest absolute Gasteiger partial charge is 0.229 e. The molecule has 2 aliphatic heterocycles. The van der Waals surface area contributed by atoms with Crippen molar-refractivity contribution < 1.29 is 9.59 Å². The van der Waals surface area contributed by atoms with Crippen LogP contribution in [-0.4, -0.2) is 45.5 Å². The van der Waals surface area contributed by atoms with E-state index in [2.05, 4.69) is 22.3 Å². The highest BCUT2D eigenvalue weighted by molar-refractivity contribution is 6.03. The lowest BCUT2D eigenvalue weighted by molar-refractivity contribution is -0.122. The summed E-state index contributed by atoms with van der Waals surface area (Å²) in [5, 5.41) is 2.98. The predicted molar refractivity (Wildman–Crippen MR) is 118 cm³/mol. The highest BCUT2D eigenvalue weighted by Crippen LogP contribution is 2.28. The first-order valence-electron chi connectivity index (χ1n) is 10.2. The number of hydrogen-bond acceptors (Lipinski definition) is 4. The maximum absolute atomic E-state index is 12.7. The Kier molecular flexibility index (Phi) is 5.43. The van der Waals surface area contributed by atoms with E-state index in [9.17, 15) is 9.59 Å². The monoisotopic (exact) mass is 392 g/mol. The largest absolute Gasteiger partial charge is 0.378 e. The van der Waals surface area contributed by atoms with E-state index >= 15 is 0 Å². The topological polar surface area (TPSA) is 55.9 Å². The van der Waals surface area contributed by atoms with Crippen molar-refractivity contribution in [3.8, 4) is 0 Å². The van der Waals surface area contributed by atoms with Crippen LogP contribution >= 0.6 is 0 Å². The zero-order valence-corrected chi connectivity index (χ0v) is 17.1. The molecule has 2 heterocycles. The molecule has 1 atom stereocenters. The van der Waals surface area contributed by atoms with Gasteiger partial charge in [0.2, 0.25) is 11.8 Å². The Bertz CT molecular complexity index is 871. The normalized spacial score (nSPS) is 19.0. The molecule has 2 aromatic carbocycles. The number of rotatable bonds is 5. The molecular formula is C23H28N4O2. The minimum Gasteiger partial charge on any atom is -0.378 e. The van der Waals surface area contributed by atoms with Gasteiger partial charge in [0.15, 0.2) is 0 Å². The van der Waals surface area contributed by atoms with Crippen LogP contribution in [0.4, 0.5) is 22.7 Å². The molecule has 2 amide bonds. The minimum absolute atomic E-state index is 0.00728. The summed E-state index contributed by atoms with van der Waals surface area (Å²) >= 11 is 0. The summed E-state index contributed by atoms with van der Waals surface area (Å²) in [4.78, 5) is 31.3. The van der Waals surface area contributed by atoms with Gasteiger partial charge in [-0.3, -0.25) is 9.59 Å². The second-order valence-corrected chi connectivity index (χ2v) is 8.05. The van der Waals surface area contributed by atoms with Crippen LogP contribution in [0.15, 0.2) is 48.5 Å². The molecular weight excluding hydrogens is 364 g/mol. The quantitative estimate of drug-likeness (QED) is 0.848. The molecule has 1 N–H and O–H groups in total. The Morgan fingerprint density at radius 3 is 2.21 bits per heavy atom. The van der Waals surface area contributed by atoms with Crippen molar-refractivity contribution >= 4 is 34.6 Å². The SMILES string of the molecule is CN(C)c1ccc(N2CC(C(=O)Nc3ccc(N4CCCC4)cc3)CC2=O)cc1. The first-order valence-corrected chi connectivity index (χ1v) is 10.2. The van der Waals surface area contributed by atoms with Crippen LogP contribution in [0.1, 0.15) is 19.3 Å². The number of nitrogens with zero attached hydrogens (tertiary/aromatic N) is 3. The second kappa shape index (κ2) is 8.15. The van der Waals surface area contributed by atoms with Gasteiger partial charge < -0.3 is 20.0 Å². The van der Waals surface area contributed by atoms with Gasteiger partial charge in [0, 0.05) is 62.9 Å². The number of amides is 2. The lowest BCUT2D eigenvalue weighted by Crippen LogP contribution is -2.28. The molecule has 29 heavy (non-hydrogen) atoms. The van der Waals surface area contributed by atoms with Gasteiger partial charge in [-0.25, -0.2) is 0 Å². The number of nitrogens with one attached hydrogen (secondary N) is 1. The molecule has 0 aliphatic carbocycles. The molecule has 2 aromatic rings. The summed E-state index contributed by atoms with van der Waals surface area (Å²) in [6, 6.07) is 15.8. The summed E-state index contributed by atoms with van der Waals surface area (Å²) in [5.41, 5.74) is 3.89. The van der Waals surface area contributed by atoms with E-state index in [0.29, 0.717) is 6.54 Å². The van der Waals surface area contributed by atoms with Gasteiger partial charge in [-0.1, -0.05) is 0 Å². The lowest BCUT2D eigenvalue weighted by Gasteiger charge is -2.19. The van der Waals surface area contributed by atoms with Crippen LogP contribution in [-0.2, 0) is 9.59 Å². The van der Waals surface area contributed by atoms with Crippen LogP contribution in [0.2, 0.25) is 0 Å². The van der Waals surface area contributed by atoms with E-state index in [4.69, 9.17) is 0 Å². The molecule has 1 unspecified atom stereocenters. The Morgan fingerprint density at radius 2 is 1.59 bits per heavy atom. The zero-order valence-electron chi connectivity index (χ0n) is 17.1. The first-order chi connectivity index (χ1) is 14.0. The summed E-state index contributed by atoms with van der Waals surface area (Å²) < 4.78 is 0. The van der Waals surface area contributed by atoms with Crippen molar-refractivity contribution in [3.63, 3.8) is 0 Å². The Labute approximate surface area is 172 Å². The third-order valence-corrected chi connectivity index (χ3v) is 5.78. The molecule has 2 fully saturated rings. The van der Waals surface area contributed by atoms with Crippen molar-refractivity contribution in [1.29, 1.82) is 0 Å². The first kappa shape index (κ1) is 19.3. The maximum Gasteiger partial charge on any atom is 0.229 e. The fourth-order valence-corrected chi connectivity index (χ4v) is 4.04. The van der Waals surface area contributed by atoms with Gasteiger partial charge in [0.1, 0.15) is 0 Å². The fourth-order valence-electron chi connectivity index (χ4n) is 4.04. The molecule has 0 bridgehead atoms. The molecule has 0 spiro atoms. The number of benzene rings is 2. The Morgan fingerprint density at radius 1 is 0.966 bits per heavy atom. The second-order valence-electron chi connectivity index (χ2n) is 8.05. The van der Waals surface area contributed by atoms with E-state index in [1.807, 2.05) is 55.4 Å². The maximum atomic E-state index is 12.7. The Hall–Kier alpha value is -3.02. The third kappa shape index (κ3) is 4.21. The van der Waals surface area contributed by atoms with Crippen molar-refractivity contribution in [3.05, 3.63) is 48.5 Å².